The number of aryl methyl sites for hydroxylation is 2. The quantitative estimate of drug-likeness (QED) is 0.655. The van der Waals surface area contributed by atoms with Crippen molar-refractivity contribution in [3.8, 4) is 5.00 Å². The number of nitrogens with two attached hydrogens (primary N) is 1. The molecule has 3 aromatic rings. The van der Waals surface area contributed by atoms with Crippen molar-refractivity contribution in [2.45, 2.75) is 33.2 Å². The average molecular weight is 422 g/mol. The smallest absolute Gasteiger partial charge is 0.306 e. The Bertz CT molecular complexity index is 1170. The number of benzene rings is 1. The summed E-state index contributed by atoms with van der Waals surface area (Å²) >= 11 is 1.65. The van der Waals surface area contributed by atoms with Gasteiger partial charge in [0.15, 0.2) is 5.82 Å². The van der Waals surface area contributed by atoms with E-state index in [0.717, 1.165) is 38.8 Å². The van der Waals surface area contributed by atoms with Crippen LogP contribution in [0.5, 0.6) is 0 Å². The van der Waals surface area contributed by atoms with Gasteiger partial charge in [0.1, 0.15) is 16.9 Å². The van der Waals surface area contributed by atoms with E-state index in [1.165, 1.54) is 4.88 Å². The summed E-state index contributed by atoms with van der Waals surface area (Å²) in [5.41, 5.74) is 10.5. The third-order valence-electron chi connectivity index (χ3n) is 5.24. The van der Waals surface area contributed by atoms with Crippen LogP contribution < -0.4 is 5.73 Å². The zero-order valence-electron chi connectivity index (χ0n) is 17.1. The Hall–Kier alpha value is -3.10. The van der Waals surface area contributed by atoms with E-state index in [2.05, 4.69) is 24.0 Å². The van der Waals surface area contributed by atoms with Crippen LogP contribution in [0.1, 0.15) is 51.2 Å². The second-order valence-electron chi connectivity index (χ2n) is 7.26. The zero-order chi connectivity index (χ0) is 21.4. The summed E-state index contributed by atoms with van der Waals surface area (Å²) in [4.78, 5) is 17.7. The summed E-state index contributed by atoms with van der Waals surface area (Å²) in [6, 6.07) is 7.45. The Morgan fingerprint density at radius 1 is 1.23 bits per heavy atom. The first-order valence-corrected chi connectivity index (χ1v) is 10.5. The fourth-order valence-corrected chi connectivity index (χ4v) is 4.86. The van der Waals surface area contributed by atoms with Crippen LogP contribution in [0.25, 0.3) is 11.1 Å². The number of aliphatic carboxylic acids is 1. The molecule has 0 radical (unpaired) electrons. The van der Waals surface area contributed by atoms with Crippen LogP contribution in [0.15, 0.2) is 35.3 Å². The Balaban J connectivity index is 1.93. The number of hydrogen-bond acceptors (Lipinski definition) is 6. The lowest BCUT2D eigenvalue weighted by molar-refractivity contribution is -0.137. The Labute approximate surface area is 178 Å². The molecule has 0 fully saturated rings. The van der Waals surface area contributed by atoms with Crippen molar-refractivity contribution in [3.63, 3.8) is 0 Å². The summed E-state index contributed by atoms with van der Waals surface area (Å²) < 4.78 is 1.96. The topological polar surface area (TPSA) is 106 Å². The van der Waals surface area contributed by atoms with E-state index < -0.39 is 12.0 Å². The molecule has 1 unspecified atom stereocenters. The largest absolute Gasteiger partial charge is 0.481 e. The molecule has 7 nitrogen and oxygen atoms in total. The highest BCUT2D eigenvalue weighted by Gasteiger charge is 2.32. The lowest BCUT2D eigenvalue weighted by atomic mass is 9.98. The molecule has 1 atom stereocenters. The molecule has 1 aliphatic heterocycles. The van der Waals surface area contributed by atoms with Gasteiger partial charge in [0, 0.05) is 22.5 Å². The average Bonchev–Trinajstić information content (AvgIpc) is 3.19. The van der Waals surface area contributed by atoms with Crippen LogP contribution in [-0.4, -0.2) is 38.1 Å². The van der Waals surface area contributed by atoms with Gasteiger partial charge in [-0.3, -0.25) is 14.4 Å². The SMILES string of the molecule is Cc1sc2c(c1C)C(c1ccc(C=CCN)cc1)=NC(CC(=O)O)c1nnc(C)n1-2. The molecule has 3 N–H and O–H groups in total. The number of thiophene rings is 1. The van der Waals surface area contributed by atoms with Crippen molar-refractivity contribution in [2.24, 2.45) is 10.7 Å². The van der Waals surface area contributed by atoms with Gasteiger partial charge < -0.3 is 10.8 Å². The van der Waals surface area contributed by atoms with E-state index in [-0.39, 0.29) is 6.42 Å². The van der Waals surface area contributed by atoms with Crippen LogP contribution in [0.4, 0.5) is 0 Å². The number of rotatable bonds is 5. The highest BCUT2D eigenvalue weighted by atomic mass is 32.1. The van der Waals surface area contributed by atoms with Crippen molar-refractivity contribution in [2.75, 3.05) is 6.54 Å². The van der Waals surface area contributed by atoms with Gasteiger partial charge in [-0.2, -0.15) is 0 Å². The van der Waals surface area contributed by atoms with E-state index in [4.69, 9.17) is 10.7 Å². The summed E-state index contributed by atoms with van der Waals surface area (Å²) in [6.07, 6.45) is 3.73. The molecule has 30 heavy (non-hydrogen) atoms. The normalized spacial score (nSPS) is 15.6. The van der Waals surface area contributed by atoms with Crippen LogP contribution in [0, 0.1) is 20.8 Å². The fourth-order valence-electron chi connectivity index (χ4n) is 3.65. The number of hydrogen-bond donors (Lipinski definition) is 2. The van der Waals surface area contributed by atoms with E-state index in [0.29, 0.717) is 12.4 Å². The summed E-state index contributed by atoms with van der Waals surface area (Å²) in [5.74, 6) is 0.368. The molecule has 0 saturated heterocycles. The predicted octanol–water partition coefficient (Wildman–Crippen LogP) is 3.59. The van der Waals surface area contributed by atoms with Crippen LogP contribution in [-0.2, 0) is 4.79 Å². The molecule has 0 spiro atoms. The first-order valence-electron chi connectivity index (χ1n) is 9.70. The molecule has 8 heteroatoms. The number of aliphatic imine (C=N–C) groups is 1. The van der Waals surface area contributed by atoms with Crippen LogP contribution >= 0.6 is 11.3 Å². The van der Waals surface area contributed by atoms with Gasteiger partial charge in [0.05, 0.1) is 12.1 Å². The predicted molar refractivity (Wildman–Crippen MR) is 119 cm³/mol. The first-order chi connectivity index (χ1) is 14.4. The number of carboxylic acid groups (broad SMARTS) is 1. The molecule has 0 aliphatic carbocycles. The Morgan fingerprint density at radius 3 is 2.63 bits per heavy atom. The second-order valence-corrected chi connectivity index (χ2v) is 8.46. The standard InChI is InChI=1S/C22H23N5O2S/c1-12-13(2)30-22-19(12)20(16-8-6-15(7-9-16)5-4-10-23)24-17(11-18(28)29)21-26-25-14(3)27(21)22/h4-9,17H,10-11,23H2,1-3H3,(H,28,29). The number of carbonyl (C=O) groups is 1. The van der Waals surface area contributed by atoms with Crippen molar-refractivity contribution in [3.05, 3.63) is 69.1 Å². The number of aromatic nitrogens is 3. The lowest BCUT2D eigenvalue weighted by Gasteiger charge is -2.11. The van der Waals surface area contributed by atoms with Gasteiger partial charge >= 0.3 is 5.97 Å². The zero-order valence-corrected chi connectivity index (χ0v) is 17.9. The minimum absolute atomic E-state index is 0.147. The third-order valence-corrected chi connectivity index (χ3v) is 6.43. The Morgan fingerprint density at radius 2 is 1.97 bits per heavy atom. The molecule has 0 saturated carbocycles. The molecule has 4 rings (SSSR count). The van der Waals surface area contributed by atoms with Crippen LogP contribution in [0.2, 0.25) is 0 Å². The highest BCUT2D eigenvalue weighted by Crippen LogP contribution is 2.39. The molecule has 0 amide bonds. The number of nitrogens with zero attached hydrogens (tertiary/aromatic N) is 4. The van der Waals surface area contributed by atoms with E-state index in [1.54, 1.807) is 11.3 Å². The van der Waals surface area contributed by atoms with Crippen molar-refractivity contribution >= 4 is 29.1 Å². The monoisotopic (exact) mass is 421 g/mol. The summed E-state index contributed by atoms with van der Waals surface area (Å²) in [6.45, 7) is 6.53. The molecule has 1 aromatic carbocycles. The Kier molecular flexibility index (Phi) is 5.36. The van der Waals surface area contributed by atoms with Gasteiger partial charge in [-0.05, 0) is 31.9 Å². The number of fused-ring (bicyclic) bond motifs is 3. The summed E-state index contributed by atoms with van der Waals surface area (Å²) in [7, 11) is 0. The second kappa shape index (κ2) is 7.97. The van der Waals surface area contributed by atoms with Gasteiger partial charge in [-0.25, -0.2) is 0 Å². The first kappa shape index (κ1) is 20.2. The van der Waals surface area contributed by atoms with E-state index in [9.17, 15) is 9.90 Å². The van der Waals surface area contributed by atoms with Gasteiger partial charge in [-0.15, -0.1) is 21.5 Å². The molecule has 154 valence electrons. The van der Waals surface area contributed by atoms with Gasteiger partial charge in [0.25, 0.3) is 0 Å². The van der Waals surface area contributed by atoms with E-state index in [1.807, 2.05) is 47.9 Å². The maximum Gasteiger partial charge on any atom is 0.306 e. The molecule has 2 aromatic heterocycles. The minimum Gasteiger partial charge on any atom is -0.481 e. The van der Waals surface area contributed by atoms with E-state index >= 15 is 0 Å². The highest BCUT2D eigenvalue weighted by molar-refractivity contribution is 7.15. The third kappa shape index (κ3) is 3.48. The van der Waals surface area contributed by atoms with Crippen molar-refractivity contribution in [1.82, 2.24) is 14.8 Å². The van der Waals surface area contributed by atoms with Crippen molar-refractivity contribution < 1.29 is 9.90 Å². The van der Waals surface area contributed by atoms with Crippen LogP contribution in [0.3, 0.4) is 0 Å². The molecule has 0 bridgehead atoms. The lowest BCUT2D eigenvalue weighted by Crippen LogP contribution is -2.10. The molecular formula is C22H23N5O2S. The van der Waals surface area contributed by atoms with Gasteiger partial charge in [0.2, 0.25) is 0 Å². The fraction of sp³-hybridized carbons (Fsp3) is 0.273. The minimum atomic E-state index is -0.921. The molecule has 3 heterocycles. The summed E-state index contributed by atoms with van der Waals surface area (Å²) in [5, 5.41) is 19.0. The van der Waals surface area contributed by atoms with Crippen molar-refractivity contribution in [1.29, 1.82) is 0 Å². The maximum absolute atomic E-state index is 11.6. The number of carboxylic acids is 1. The maximum atomic E-state index is 11.6. The molecular weight excluding hydrogens is 398 g/mol. The molecule has 1 aliphatic rings. The van der Waals surface area contributed by atoms with Gasteiger partial charge in [-0.1, -0.05) is 36.4 Å².